The first-order valence-electron chi connectivity index (χ1n) is 3.14. The highest BCUT2D eigenvalue weighted by molar-refractivity contribution is 5.92. The summed E-state index contributed by atoms with van der Waals surface area (Å²) < 4.78 is 6.22. The Kier molecular flexibility index (Phi) is 1.09. The Hall–Kier alpha value is -1.06. The van der Waals surface area contributed by atoms with Gasteiger partial charge in [-0.3, -0.25) is 4.79 Å². The highest BCUT2D eigenvalue weighted by Gasteiger charge is 2.25. The van der Waals surface area contributed by atoms with Gasteiger partial charge in [0.2, 0.25) is 5.91 Å². The summed E-state index contributed by atoms with van der Waals surface area (Å²) >= 11 is 0. The van der Waals surface area contributed by atoms with Crippen molar-refractivity contribution in [1.29, 1.82) is 1.43 Å². The molecule has 0 bridgehead atoms. The quantitative estimate of drug-likeness (QED) is 0.512. The zero-order valence-corrected chi connectivity index (χ0v) is 4.79. The van der Waals surface area contributed by atoms with Crippen LogP contribution in [0.3, 0.4) is 0 Å². The molecular formula is C5H7NO3. The minimum atomic E-state index is -0.873. The van der Waals surface area contributed by atoms with Crippen LogP contribution in [0.15, 0.2) is 0 Å². The molecule has 0 aliphatic carbocycles. The SMILES string of the molecule is [2H]OC(=O)N1CCCC1=O. The number of likely N-dealkylation sites (tertiary alicyclic amines) is 1. The Balaban J connectivity index is 2.55. The van der Waals surface area contributed by atoms with Crippen LogP contribution in [0.1, 0.15) is 12.8 Å². The fourth-order valence-corrected chi connectivity index (χ4v) is 0.841. The normalized spacial score (nSPS) is 19.8. The molecule has 0 aromatic carbocycles. The van der Waals surface area contributed by atoms with Crippen LogP contribution in [-0.4, -0.2) is 28.6 Å². The molecule has 1 heterocycles. The van der Waals surface area contributed by atoms with Crippen LogP contribution in [0.25, 0.3) is 1.43 Å². The van der Waals surface area contributed by atoms with E-state index in [0.29, 0.717) is 19.4 Å². The van der Waals surface area contributed by atoms with Gasteiger partial charge in [-0.25, -0.2) is 9.69 Å². The van der Waals surface area contributed by atoms with Crippen molar-refractivity contribution in [2.75, 3.05) is 6.54 Å². The number of carbonyl (C=O) groups is 2. The Morgan fingerprint density at radius 2 is 2.67 bits per heavy atom. The topological polar surface area (TPSA) is 57.6 Å². The highest BCUT2D eigenvalue weighted by atomic mass is 16.4. The molecule has 9 heavy (non-hydrogen) atoms. The van der Waals surface area contributed by atoms with E-state index in [2.05, 4.69) is 5.11 Å². The lowest BCUT2D eigenvalue weighted by Gasteiger charge is -2.05. The first-order chi connectivity index (χ1) is 4.75. The number of hydrogen-bond donors (Lipinski definition) is 1. The molecule has 4 heteroatoms. The number of rotatable bonds is 0. The molecule has 0 aromatic heterocycles. The Morgan fingerprint density at radius 3 is 3.11 bits per heavy atom. The fourth-order valence-electron chi connectivity index (χ4n) is 0.841. The van der Waals surface area contributed by atoms with E-state index in [-0.39, 0.29) is 5.91 Å². The molecule has 1 N–H and O–H groups in total. The van der Waals surface area contributed by atoms with Gasteiger partial charge in [-0.2, -0.15) is 0 Å². The van der Waals surface area contributed by atoms with Crippen molar-refractivity contribution < 1.29 is 14.7 Å². The molecule has 0 saturated carbocycles. The maximum atomic E-state index is 10.7. The molecule has 0 radical (unpaired) electrons. The number of imide groups is 1. The van der Waals surface area contributed by atoms with E-state index < -0.39 is 6.09 Å². The lowest BCUT2D eigenvalue weighted by Crippen LogP contribution is -2.29. The van der Waals surface area contributed by atoms with E-state index in [1.165, 1.54) is 0 Å². The van der Waals surface area contributed by atoms with Crippen molar-refractivity contribution >= 4 is 12.0 Å². The number of amides is 2. The van der Waals surface area contributed by atoms with Gasteiger partial charge in [0, 0.05) is 13.0 Å². The van der Waals surface area contributed by atoms with Gasteiger partial charge in [0.25, 0.3) is 1.43 Å². The van der Waals surface area contributed by atoms with Crippen LogP contribution in [-0.2, 0) is 4.79 Å². The molecular weight excluding hydrogens is 122 g/mol. The Bertz CT molecular complexity index is 170. The molecule has 1 aliphatic heterocycles. The summed E-state index contributed by atoms with van der Waals surface area (Å²) in [6.07, 6.45) is 0.186. The molecule has 0 spiro atoms. The first kappa shape index (κ1) is 4.78. The fraction of sp³-hybridized carbons (Fsp3) is 0.600. The van der Waals surface area contributed by atoms with E-state index >= 15 is 0 Å². The maximum absolute atomic E-state index is 10.7. The lowest BCUT2D eigenvalue weighted by molar-refractivity contribution is -0.125. The van der Waals surface area contributed by atoms with Crippen molar-refractivity contribution in [3.05, 3.63) is 0 Å². The van der Waals surface area contributed by atoms with Gasteiger partial charge in [0.15, 0.2) is 0 Å². The minimum Gasteiger partial charge on any atom is -0.465 e. The maximum Gasteiger partial charge on any atom is 0.414 e. The number of carbonyl (C=O) groups excluding carboxylic acids is 1. The smallest absolute Gasteiger partial charge is 0.414 e. The summed E-state index contributed by atoms with van der Waals surface area (Å²) in [4.78, 5) is 22.2. The summed E-state index contributed by atoms with van der Waals surface area (Å²) in [6, 6.07) is 0. The van der Waals surface area contributed by atoms with Crippen molar-refractivity contribution in [3.63, 3.8) is 0 Å². The Labute approximate surface area is 53.6 Å². The van der Waals surface area contributed by atoms with Gasteiger partial charge in [-0.15, -0.1) is 0 Å². The molecule has 1 saturated heterocycles. The van der Waals surface area contributed by atoms with E-state index in [9.17, 15) is 9.59 Å². The largest absolute Gasteiger partial charge is 0.465 e. The minimum absolute atomic E-state index is 0.253. The van der Waals surface area contributed by atoms with Crippen molar-refractivity contribution in [2.24, 2.45) is 0 Å². The zero-order valence-electron chi connectivity index (χ0n) is 5.79. The molecule has 0 unspecified atom stereocenters. The Morgan fingerprint density at radius 1 is 1.89 bits per heavy atom. The summed E-state index contributed by atoms with van der Waals surface area (Å²) in [7, 11) is 0. The third-order valence-electron chi connectivity index (χ3n) is 1.29. The summed E-state index contributed by atoms with van der Waals surface area (Å²) in [5.41, 5.74) is 0. The predicted octanol–water partition coefficient (Wildman–Crippen LogP) is 0.287. The molecule has 4 nitrogen and oxygen atoms in total. The van der Waals surface area contributed by atoms with Crippen molar-refractivity contribution in [3.8, 4) is 0 Å². The monoisotopic (exact) mass is 130 g/mol. The number of carboxylic acid groups (broad SMARTS) is 1. The first-order valence-corrected chi connectivity index (χ1v) is 2.73. The van der Waals surface area contributed by atoms with Crippen LogP contribution in [0, 0.1) is 0 Å². The van der Waals surface area contributed by atoms with Gasteiger partial charge in [-0.1, -0.05) is 0 Å². The van der Waals surface area contributed by atoms with E-state index in [1.807, 2.05) is 0 Å². The van der Waals surface area contributed by atoms with Gasteiger partial charge >= 0.3 is 6.09 Å². The van der Waals surface area contributed by atoms with Crippen LogP contribution in [0.5, 0.6) is 0 Å². The standard InChI is InChI=1S/C5H7NO3/c7-4-2-1-3-6(4)5(8)9/h1-3H2,(H,8,9)/i/hD. The average molecular weight is 130 g/mol. The molecule has 50 valence electrons. The molecule has 0 aromatic rings. The third-order valence-corrected chi connectivity index (χ3v) is 1.29. The second kappa shape index (κ2) is 2.05. The van der Waals surface area contributed by atoms with Crippen LogP contribution < -0.4 is 0 Å². The van der Waals surface area contributed by atoms with Crippen LogP contribution in [0.2, 0.25) is 0 Å². The zero-order chi connectivity index (χ0) is 7.56. The average Bonchev–Trinajstić information content (AvgIpc) is 2.34. The molecule has 1 aliphatic rings. The second-order valence-electron chi connectivity index (χ2n) is 1.91. The number of hydrogen-bond acceptors (Lipinski definition) is 3. The van der Waals surface area contributed by atoms with Gasteiger partial charge in [-0.05, 0) is 6.42 Å². The molecule has 1 rings (SSSR count). The van der Waals surface area contributed by atoms with Gasteiger partial charge in [0.1, 0.15) is 0 Å². The van der Waals surface area contributed by atoms with Crippen LogP contribution in [0.4, 0.5) is 4.79 Å². The van der Waals surface area contributed by atoms with E-state index in [4.69, 9.17) is 1.43 Å². The molecule has 1 fully saturated rings. The molecule has 0 atom stereocenters. The van der Waals surface area contributed by atoms with Crippen LogP contribution >= 0.6 is 0 Å². The summed E-state index contributed by atoms with van der Waals surface area (Å²) in [5, 5.41) is 3.62. The van der Waals surface area contributed by atoms with Crippen molar-refractivity contribution in [1.82, 2.24) is 4.90 Å². The second-order valence-corrected chi connectivity index (χ2v) is 1.91. The predicted molar refractivity (Wildman–Crippen MR) is 29.0 cm³/mol. The van der Waals surface area contributed by atoms with Gasteiger partial charge in [0.05, 0.1) is 0 Å². The highest BCUT2D eigenvalue weighted by Crippen LogP contribution is 2.08. The van der Waals surface area contributed by atoms with E-state index in [1.54, 1.807) is 0 Å². The number of nitrogens with zero attached hydrogens (tertiary/aromatic N) is 1. The van der Waals surface area contributed by atoms with Gasteiger partial charge < -0.3 is 5.11 Å². The summed E-state index contributed by atoms with van der Waals surface area (Å²) in [5.74, 6) is -0.253. The summed E-state index contributed by atoms with van der Waals surface area (Å²) in [6.45, 7) is 0.385. The third kappa shape index (κ3) is 1.01. The molecule has 2 amide bonds. The van der Waals surface area contributed by atoms with E-state index in [0.717, 1.165) is 4.90 Å². The van der Waals surface area contributed by atoms with Crippen molar-refractivity contribution in [2.45, 2.75) is 12.8 Å². The lowest BCUT2D eigenvalue weighted by atomic mass is 10.4.